The average molecular weight is 379 g/mol. The number of carbonyl (C=O) groups is 1. The zero-order chi connectivity index (χ0) is 18.1. The number of nitrogens with zero attached hydrogens (tertiary/aromatic N) is 2. The van der Waals surface area contributed by atoms with Gasteiger partial charge in [0, 0.05) is 12.2 Å². The molecule has 0 saturated heterocycles. The standard InChI is InChI=1S/C18H26N4OS2/c1-4-6-11-19-17-21-22-18(25-17)24-12-16(23)20-15-9-7-14(8-10-15)13(3)5-2/h7-10,13H,4-6,11-12H2,1-3H3,(H,19,21)(H,20,23). The fourth-order valence-corrected chi connectivity index (χ4v) is 3.74. The van der Waals surface area contributed by atoms with E-state index in [0.29, 0.717) is 11.7 Å². The number of carbonyl (C=O) groups excluding carboxylic acids is 1. The number of thioether (sulfide) groups is 1. The van der Waals surface area contributed by atoms with E-state index in [0.717, 1.165) is 41.0 Å². The predicted octanol–water partition coefficient (Wildman–Crippen LogP) is 4.99. The van der Waals surface area contributed by atoms with Gasteiger partial charge in [-0.25, -0.2) is 0 Å². The Morgan fingerprint density at radius 3 is 2.68 bits per heavy atom. The van der Waals surface area contributed by atoms with Crippen molar-refractivity contribution in [3.63, 3.8) is 0 Å². The highest BCUT2D eigenvalue weighted by molar-refractivity contribution is 8.01. The smallest absolute Gasteiger partial charge is 0.234 e. The largest absolute Gasteiger partial charge is 0.360 e. The van der Waals surface area contributed by atoms with Crippen LogP contribution in [0.5, 0.6) is 0 Å². The monoisotopic (exact) mass is 378 g/mol. The molecule has 0 aliphatic heterocycles. The highest BCUT2D eigenvalue weighted by atomic mass is 32.2. The van der Waals surface area contributed by atoms with Gasteiger partial charge in [-0.05, 0) is 36.5 Å². The van der Waals surface area contributed by atoms with Gasteiger partial charge in [0.05, 0.1) is 5.75 Å². The van der Waals surface area contributed by atoms with E-state index in [9.17, 15) is 4.79 Å². The van der Waals surface area contributed by atoms with Crippen LogP contribution in [-0.2, 0) is 4.79 Å². The summed E-state index contributed by atoms with van der Waals surface area (Å²) in [6.07, 6.45) is 3.37. The molecule has 25 heavy (non-hydrogen) atoms. The van der Waals surface area contributed by atoms with Crippen molar-refractivity contribution in [1.29, 1.82) is 0 Å². The van der Waals surface area contributed by atoms with Gasteiger partial charge in [-0.15, -0.1) is 10.2 Å². The Morgan fingerprint density at radius 2 is 2.00 bits per heavy atom. The van der Waals surface area contributed by atoms with Gasteiger partial charge in [0.1, 0.15) is 0 Å². The average Bonchev–Trinajstić information content (AvgIpc) is 3.08. The van der Waals surface area contributed by atoms with Crippen LogP contribution in [0.25, 0.3) is 0 Å². The molecule has 0 radical (unpaired) electrons. The van der Waals surface area contributed by atoms with Gasteiger partial charge in [-0.1, -0.05) is 62.4 Å². The van der Waals surface area contributed by atoms with Gasteiger partial charge in [0.15, 0.2) is 4.34 Å². The molecule has 1 amide bonds. The summed E-state index contributed by atoms with van der Waals surface area (Å²) in [5.41, 5.74) is 2.13. The first-order valence-electron chi connectivity index (χ1n) is 8.72. The van der Waals surface area contributed by atoms with E-state index >= 15 is 0 Å². The maximum absolute atomic E-state index is 12.1. The summed E-state index contributed by atoms with van der Waals surface area (Å²) in [5, 5.41) is 15.2. The molecule has 0 bridgehead atoms. The summed E-state index contributed by atoms with van der Waals surface area (Å²) in [5.74, 6) is 0.839. The summed E-state index contributed by atoms with van der Waals surface area (Å²) >= 11 is 2.90. The maximum Gasteiger partial charge on any atom is 0.234 e. The number of nitrogens with one attached hydrogen (secondary N) is 2. The summed E-state index contributed by atoms with van der Waals surface area (Å²) in [6.45, 7) is 7.44. The molecule has 1 aromatic carbocycles. The molecule has 1 heterocycles. The Labute approximate surface area is 158 Å². The zero-order valence-electron chi connectivity index (χ0n) is 15.0. The Kier molecular flexibility index (Phi) is 8.21. The molecule has 7 heteroatoms. The molecule has 0 saturated carbocycles. The minimum Gasteiger partial charge on any atom is -0.360 e. The molecule has 1 aromatic heterocycles. The normalized spacial score (nSPS) is 12.0. The lowest BCUT2D eigenvalue weighted by atomic mass is 9.99. The number of amides is 1. The third kappa shape index (κ3) is 6.66. The highest BCUT2D eigenvalue weighted by Crippen LogP contribution is 2.26. The van der Waals surface area contributed by atoms with Crippen molar-refractivity contribution in [2.24, 2.45) is 0 Å². The predicted molar refractivity (Wildman–Crippen MR) is 108 cm³/mol. The first-order valence-corrected chi connectivity index (χ1v) is 10.5. The van der Waals surface area contributed by atoms with Crippen LogP contribution in [0, 0.1) is 0 Å². The van der Waals surface area contributed by atoms with Crippen LogP contribution >= 0.6 is 23.1 Å². The number of unbranched alkanes of at least 4 members (excludes halogenated alkanes) is 1. The van der Waals surface area contributed by atoms with Gasteiger partial charge < -0.3 is 10.6 Å². The summed E-state index contributed by atoms with van der Waals surface area (Å²) in [4.78, 5) is 12.1. The fraction of sp³-hybridized carbons (Fsp3) is 0.500. The SMILES string of the molecule is CCCCNc1nnc(SCC(=O)Nc2ccc(C(C)CC)cc2)s1. The van der Waals surface area contributed by atoms with E-state index in [1.165, 1.54) is 28.7 Å². The highest BCUT2D eigenvalue weighted by Gasteiger charge is 2.09. The summed E-state index contributed by atoms with van der Waals surface area (Å²) in [6, 6.07) is 8.08. The van der Waals surface area contributed by atoms with Crippen molar-refractivity contribution >= 4 is 39.8 Å². The molecule has 5 nitrogen and oxygen atoms in total. The maximum atomic E-state index is 12.1. The third-order valence-electron chi connectivity index (χ3n) is 3.92. The minimum atomic E-state index is -0.0306. The van der Waals surface area contributed by atoms with Crippen molar-refractivity contribution in [3.8, 4) is 0 Å². The first-order chi connectivity index (χ1) is 12.1. The molecule has 2 rings (SSSR count). The van der Waals surface area contributed by atoms with Crippen molar-refractivity contribution in [3.05, 3.63) is 29.8 Å². The fourth-order valence-electron chi connectivity index (χ4n) is 2.17. The summed E-state index contributed by atoms with van der Waals surface area (Å²) in [7, 11) is 0. The first kappa shape index (κ1) is 19.7. The van der Waals surface area contributed by atoms with Gasteiger partial charge >= 0.3 is 0 Å². The van der Waals surface area contributed by atoms with E-state index in [-0.39, 0.29) is 5.91 Å². The Morgan fingerprint density at radius 1 is 1.24 bits per heavy atom. The van der Waals surface area contributed by atoms with Crippen LogP contribution in [0.3, 0.4) is 0 Å². The molecule has 0 fully saturated rings. The number of hydrogen-bond acceptors (Lipinski definition) is 6. The Bertz CT molecular complexity index is 657. The number of aromatic nitrogens is 2. The number of hydrogen-bond donors (Lipinski definition) is 2. The van der Waals surface area contributed by atoms with E-state index in [2.05, 4.69) is 53.7 Å². The van der Waals surface area contributed by atoms with Crippen LogP contribution in [0.1, 0.15) is 51.5 Å². The van der Waals surface area contributed by atoms with Crippen LogP contribution in [0.15, 0.2) is 28.6 Å². The molecule has 2 N–H and O–H groups in total. The quantitative estimate of drug-likeness (QED) is 0.450. The molecule has 0 spiro atoms. The molecular weight excluding hydrogens is 352 g/mol. The van der Waals surface area contributed by atoms with Crippen molar-refractivity contribution in [2.75, 3.05) is 22.9 Å². The van der Waals surface area contributed by atoms with Gasteiger partial charge in [-0.2, -0.15) is 0 Å². The molecule has 2 aromatic rings. The van der Waals surface area contributed by atoms with Crippen LogP contribution < -0.4 is 10.6 Å². The number of benzene rings is 1. The molecular formula is C18H26N4OS2. The van der Waals surface area contributed by atoms with Crippen molar-refractivity contribution in [2.45, 2.75) is 50.3 Å². The second-order valence-corrected chi connectivity index (χ2v) is 8.12. The minimum absolute atomic E-state index is 0.0306. The van der Waals surface area contributed by atoms with E-state index in [1.54, 1.807) is 0 Å². The van der Waals surface area contributed by atoms with E-state index in [1.807, 2.05) is 12.1 Å². The summed E-state index contributed by atoms with van der Waals surface area (Å²) < 4.78 is 0.807. The second kappa shape index (κ2) is 10.4. The van der Waals surface area contributed by atoms with Gasteiger partial charge in [0.2, 0.25) is 11.0 Å². The van der Waals surface area contributed by atoms with Crippen LogP contribution in [0.4, 0.5) is 10.8 Å². The zero-order valence-corrected chi connectivity index (χ0v) is 16.7. The van der Waals surface area contributed by atoms with E-state index < -0.39 is 0 Å². The second-order valence-electron chi connectivity index (χ2n) is 5.92. The number of rotatable bonds is 10. The van der Waals surface area contributed by atoms with Crippen molar-refractivity contribution < 1.29 is 4.79 Å². The van der Waals surface area contributed by atoms with Gasteiger partial charge in [-0.3, -0.25) is 4.79 Å². The molecule has 0 aliphatic carbocycles. The number of anilines is 2. The lowest BCUT2D eigenvalue weighted by Gasteiger charge is -2.10. The topological polar surface area (TPSA) is 66.9 Å². The Hall–Kier alpha value is -1.60. The molecule has 1 unspecified atom stereocenters. The lowest BCUT2D eigenvalue weighted by molar-refractivity contribution is -0.113. The lowest BCUT2D eigenvalue weighted by Crippen LogP contribution is -2.13. The molecule has 1 atom stereocenters. The Balaban J connectivity index is 1.77. The molecule has 0 aliphatic rings. The van der Waals surface area contributed by atoms with E-state index in [4.69, 9.17) is 0 Å². The van der Waals surface area contributed by atoms with Gasteiger partial charge in [0.25, 0.3) is 0 Å². The van der Waals surface area contributed by atoms with Crippen LogP contribution in [-0.4, -0.2) is 28.4 Å². The third-order valence-corrected chi connectivity index (χ3v) is 5.93. The molecule has 136 valence electrons. The van der Waals surface area contributed by atoms with Crippen LogP contribution in [0.2, 0.25) is 0 Å². The van der Waals surface area contributed by atoms with Crippen molar-refractivity contribution in [1.82, 2.24) is 10.2 Å².